The molecule has 23 heavy (non-hydrogen) atoms. The predicted molar refractivity (Wildman–Crippen MR) is 83.6 cm³/mol. The van der Waals surface area contributed by atoms with Gasteiger partial charge in [-0.2, -0.15) is 0 Å². The van der Waals surface area contributed by atoms with Gasteiger partial charge in [0.2, 0.25) is 5.91 Å². The van der Waals surface area contributed by atoms with Crippen LogP contribution in [0.1, 0.15) is 25.5 Å². The van der Waals surface area contributed by atoms with Gasteiger partial charge in [-0.25, -0.2) is 0 Å². The Morgan fingerprint density at radius 3 is 3.13 bits per heavy atom. The number of amides is 1. The van der Waals surface area contributed by atoms with Crippen molar-refractivity contribution in [1.29, 1.82) is 0 Å². The predicted octanol–water partition coefficient (Wildman–Crippen LogP) is 0.0548. The molecule has 1 N–H and O–H groups in total. The molecule has 1 aromatic rings. The highest BCUT2D eigenvalue weighted by molar-refractivity contribution is 5.84. The van der Waals surface area contributed by atoms with Crippen LogP contribution in [0.5, 0.6) is 0 Å². The minimum atomic E-state index is -0.358. The fourth-order valence-corrected chi connectivity index (χ4v) is 4.11. The Morgan fingerprint density at radius 2 is 2.30 bits per heavy atom. The number of hydrogen-bond donors (Lipinski definition) is 1. The first-order chi connectivity index (χ1) is 11.1. The molecule has 0 unspecified atom stereocenters. The minimum Gasteiger partial charge on any atom is -0.380 e. The van der Waals surface area contributed by atoms with Gasteiger partial charge in [0, 0.05) is 38.5 Å². The van der Waals surface area contributed by atoms with Gasteiger partial charge in [0.15, 0.2) is 5.82 Å². The van der Waals surface area contributed by atoms with E-state index in [4.69, 9.17) is 4.74 Å². The molecule has 4 rings (SSSR count). The van der Waals surface area contributed by atoms with Crippen molar-refractivity contribution >= 4 is 5.91 Å². The van der Waals surface area contributed by atoms with E-state index in [1.54, 1.807) is 0 Å². The van der Waals surface area contributed by atoms with E-state index in [9.17, 15) is 4.79 Å². The number of fused-ring (bicyclic) bond motifs is 2. The Hall–Kier alpha value is -1.47. The maximum absolute atomic E-state index is 13.1. The number of nitrogens with one attached hydrogen (secondary N) is 1. The van der Waals surface area contributed by atoms with Gasteiger partial charge in [0.1, 0.15) is 5.82 Å². The molecule has 7 nitrogen and oxygen atoms in total. The Labute approximate surface area is 136 Å². The van der Waals surface area contributed by atoms with E-state index >= 15 is 0 Å². The van der Waals surface area contributed by atoms with Gasteiger partial charge in [-0.15, -0.1) is 10.2 Å². The maximum Gasteiger partial charge on any atom is 0.233 e. The summed E-state index contributed by atoms with van der Waals surface area (Å²) in [6.45, 7) is 9.34. The molecule has 126 valence electrons. The molecule has 0 spiro atoms. The molecule has 1 amide bonds. The van der Waals surface area contributed by atoms with E-state index in [0.29, 0.717) is 31.6 Å². The van der Waals surface area contributed by atoms with Crippen LogP contribution in [0.3, 0.4) is 0 Å². The van der Waals surface area contributed by atoms with Crippen molar-refractivity contribution in [3.05, 3.63) is 11.6 Å². The number of carbonyl (C=O) groups excluding carboxylic acids is 1. The van der Waals surface area contributed by atoms with Gasteiger partial charge in [0.25, 0.3) is 0 Å². The Bertz CT molecular complexity index is 602. The lowest BCUT2D eigenvalue weighted by atomic mass is 9.79. The largest absolute Gasteiger partial charge is 0.380 e. The fraction of sp³-hybridized carbons (Fsp3) is 0.812. The Balaban J connectivity index is 1.52. The van der Waals surface area contributed by atoms with Crippen LogP contribution in [0.15, 0.2) is 0 Å². The zero-order valence-electron chi connectivity index (χ0n) is 13.9. The second kappa shape index (κ2) is 5.56. The molecule has 3 aliphatic heterocycles. The van der Waals surface area contributed by atoms with Crippen LogP contribution >= 0.6 is 0 Å². The summed E-state index contributed by atoms with van der Waals surface area (Å²) in [6, 6.07) is 0. The summed E-state index contributed by atoms with van der Waals surface area (Å²) in [4.78, 5) is 15.1. The van der Waals surface area contributed by atoms with Gasteiger partial charge < -0.3 is 19.5 Å². The lowest BCUT2D eigenvalue weighted by Gasteiger charge is -2.35. The SMILES string of the molecule is CC(C)Cc1nnc2n1CCN(C(=O)[C@]13CNC[C@H]1COC3)C2. The van der Waals surface area contributed by atoms with E-state index < -0.39 is 0 Å². The normalized spacial score (nSPS) is 29.9. The first-order valence-corrected chi connectivity index (χ1v) is 8.59. The van der Waals surface area contributed by atoms with Crippen molar-refractivity contribution in [3.63, 3.8) is 0 Å². The average molecular weight is 319 g/mol. The summed E-state index contributed by atoms with van der Waals surface area (Å²) in [5.74, 6) is 3.06. The van der Waals surface area contributed by atoms with Crippen molar-refractivity contribution in [2.24, 2.45) is 17.3 Å². The first kappa shape index (κ1) is 15.1. The van der Waals surface area contributed by atoms with Crippen molar-refractivity contribution in [2.45, 2.75) is 33.4 Å². The monoisotopic (exact) mass is 319 g/mol. The Kier molecular flexibility index (Phi) is 3.65. The third-order valence-corrected chi connectivity index (χ3v) is 5.43. The summed E-state index contributed by atoms with van der Waals surface area (Å²) in [5, 5.41) is 12.0. The highest BCUT2D eigenvalue weighted by atomic mass is 16.5. The minimum absolute atomic E-state index is 0.227. The fourth-order valence-electron chi connectivity index (χ4n) is 4.11. The number of rotatable bonds is 3. The zero-order chi connectivity index (χ0) is 16.0. The maximum atomic E-state index is 13.1. The second-order valence-electron chi connectivity index (χ2n) is 7.51. The van der Waals surface area contributed by atoms with E-state index in [-0.39, 0.29) is 11.3 Å². The second-order valence-corrected chi connectivity index (χ2v) is 7.51. The van der Waals surface area contributed by atoms with Crippen molar-refractivity contribution in [1.82, 2.24) is 25.0 Å². The summed E-state index contributed by atoms with van der Waals surface area (Å²) in [6.07, 6.45) is 0.935. The number of hydrogen-bond acceptors (Lipinski definition) is 5. The van der Waals surface area contributed by atoms with Crippen LogP contribution in [-0.4, -0.2) is 58.4 Å². The quantitative estimate of drug-likeness (QED) is 0.853. The van der Waals surface area contributed by atoms with E-state index in [2.05, 4.69) is 33.9 Å². The number of aromatic nitrogens is 3. The van der Waals surface area contributed by atoms with Gasteiger partial charge in [-0.1, -0.05) is 13.8 Å². The van der Waals surface area contributed by atoms with Gasteiger partial charge in [0.05, 0.1) is 25.2 Å². The molecule has 0 aliphatic carbocycles. The molecule has 0 radical (unpaired) electrons. The average Bonchev–Trinajstić information content (AvgIpc) is 3.19. The summed E-state index contributed by atoms with van der Waals surface area (Å²) in [5.41, 5.74) is -0.358. The third kappa shape index (κ3) is 2.37. The summed E-state index contributed by atoms with van der Waals surface area (Å²) < 4.78 is 7.81. The van der Waals surface area contributed by atoms with Crippen LogP contribution in [0, 0.1) is 17.3 Å². The molecule has 2 saturated heterocycles. The van der Waals surface area contributed by atoms with E-state index in [1.165, 1.54) is 0 Å². The molecular weight excluding hydrogens is 294 g/mol. The first-order valence-electron chi connectivity index (χ1n) is 8.59. The number of carbonyl (C=O) groups is 1. The van der Waals surface area contributed by atoms with Gasteiger partial charge in [-0.05, 0) is 5.92 Å². The van der Waals surface area contributed by atoms with Crippen molar-refractivity contribution in [3.8, 4) is 0 Å². The molecule has 0 aromatic carbocycles. The molecule has 0 saturated carbocycles. The summed E-state index contributed by atoms with van der Waals surface area (Å²) in [7, 11) is 0. The van der Waals surface area contributed by atoms with Gasteiger partial charge in [-0.3, -0.25) is 4.79 Å². The third-order valence-electron chi connectivity index (χ3n) is 5.43. The van der Waals surface area contributed by atoms with Crippen LogP contribution < -0.4 is 5.32 Å². The molecule has 3 aliphatic rings. The van der Waals surface area contributed by atoms with E-state index in [0.717, 1.165) is 44.2 Å². The highest BCUT2D eigenvalue weighted by Gasteiger charge is 2.54. The highest BCUT2D eigenvalue weighted by Crippen LogP contribution is 2.39. The molecule has 1 aromatic heterocycles. The molecule has 7 heteroatoms. The molecule has 2 atom stereocenters. The van der Waals surface area contributed by atoms with Crippen molar-refractivity contribution in [2.75, 3.05) is 32.8 Å². The molecule has 4 heterocycles. The van der Waals surface area contributed by atoms with Crippen LogP contribution in [0.4, 0.5) is 0 Å². The van der Waals surface area contributed by atoms with E-state index in [1.807, 2.05) is 4.90 Å². The lowest BCUT2D eigenvalue weighted by Crippen LogP contribution is -2.50. The number of ether oxygens (including phenoxy) is 1. The lowest BCUT2D eigenvalue weighted by molar-refractivity contribution is -0.144. The van der Waals surface area contributed by atoms with Gasteiger partial charge >= 0.3 is 0 Å². The Morgan fingerprint density at radius 1 is 1.43 bits per heavy atom. The topological polar surface area (TPSA) is 72.3 Å². The summed E-state index contributed by atoms with van der Waals surface area (Å²) >= 11 is 0. The molecule has 0 bridgehead atoms. The zero-order valence-corrected chi connectivity index (χ0v) is 13.9. The van der Waals surface area contributed by atoms with Crippen LogP contribution in [0.2, 0.25) is 0 Å². The van der Waals surface area contributed by atoms with Crippen LogP contribution in [0.25, 0.3) is 0 Å². The number of nitrogens with zero attached hydrogens (tertiary/aromatic N) is 4. The van der Waals surface area contributed by atoms with Crippen molar-refractivity contribution < 1.29 is 9.53 Å². The smallest absolute Gasteiger partial charge is 0.233 e. The molecule has 2 fully saturated rings. The molecular formula is C16H25N5O2. The standard InChI is InChI=1S/C16H25N5O2/c1-11(2)5-13-18-19-14-7-20(3-4-21(13)14)15(22)16-9-17-6-12(16)8-23-10-16/h11-12,17H,3-10H2,1-2H3/t12-,16-/m0/s1. The van der Waals surface area contributed by atoms with Crippen LogP contribution in [-0.2, 0) is 29.0 Å².